The fourth-order valence-corrected chi connectivity index (χ4v) is 2.35. The molecule has 0 saturated carbocycles. The average Bonchev–Trinajstić information content (AvgIpc) is 2.34. The molecule has 0 aliphatic heterocycles. The predicted molar refractivity (Wildman–Crippen MR) is 75.7 cm³/mol. The lowest BCUT2D eigenvalue weighted by atomic mass is 10.0. The van der Waals surface area contributed by atoms with Crippen LogP contribution in [0.15, 0.2) is 12.2 Å². The van der Waals surface area contributed by atoms with Crippen LogP contribution in [0.25, 0.3) is 0 Å². The summed E-state index contributed by atoms with van der Waals surface area (Å²) in [6.45, 7) is 7.52. The van der Waals surface area contributed by atoms with Gasteiger partial charge < -0.3 is 15.2 Å². The molecule has 0 spiro atoms. The Kier molecular flexibility index (Phi) is 7.56. The smallest absolute Gasteiger partial charge is 0.0897 e. The number of allylic oxidation sites excluding steroid dienone is 1. The molecule has 0 aromatic rings. The van der Waals surface area contributed by atoms with E-state index in [1.165, 1.54) is 6.42 Å². The van der Waals surface area contributed by atoms with Gasteiger partial charge in [0, 0.05) is 12.6 Å². The summed E-state index contributed by atoms with van der Waals surface area (Å²) in [7, 11) is 0. The van der Waals surface area contributed by atoms with Crippen molar-refractivity contribution in [1.29, 1.82) is 0 Å². The number of nitrogens with one attached hydrogen (secondary N) is 1. The minimum absolute atomic E-state index is 0.234. The van der Waals surface area contributed by atoms with Gasteiger partial charge in [-0.3, -0.25) is 0 Å². The van der Waals surface area contributed by atoms with Crippen molar-refractivity contribution >= 4 is 0 Å². The first-order chi connectivity index (χ1) is 8.58. The molecule has 106 valence electrons. The Bertz CT molecular complexity index is 241. The van der Waals surface area contributed by atoms with Crippen LogP contribution in [0.5, 0.6) is 0 Å². The highest BCUT2D eigenvalue weighted by atomic mass is 16.5. The Morgan fingerprint density at radius 3 is 2.72 bits per heavy atom. The summed E-state index contributed by atoms with van der Waals surface area (Å²) in [5, 5.41) is 13.3. The Labute approximate surface area is 112 Å². The summed E-state index contributed by atoms with van der Waals surface area (Å²) in [5.41, 5.74) is 0. The van der Waals surface area contributed by atoms with Crippen molar-refractivity contribution in [3.8, 4) is 0 Å². The van der Waals surface area contributed by atoms with Gasteiger partial charge in [-0.2, -0.15) is 0 Å². The van der Waals surface area contributed by atoms with E-state index in [-0.39, 0.29) is 6.10 Å². The second-order valence-electron chi connectivity index (χ2n) is 5.82. The van der Waals surface area contributed by atoms with Crippen molar-refractivity contribution < 1.29 is 9.84 Å². The van der Waals surface area contributed by atoms with Crippen LogP contribution in [-0.2, 0) is 4.74 Å². The molecule has 0 heterocycles. The van der Waals surface area contributed by atoms with Gasteiger partial charge in [0.15, 0.2) is 0 Å². The Balaban J connectivity index is 2.06. The molecule has 0 saturated heterocycles. The van der Waals surface area contributed by atoms with Gasteiger partial charge in [-0.15, -0.1) is 0 Å². The maximum atomic E-state index is 9.86. The first-order valence-electron chi connectivity index (χ1n) is 7.26. The van der Waals surface area contributed by atoms with E-state index in [1.807, 2.05) is 0 Å². The van der Waals surface area contributed by atoms with Crippen molar-refractivity contribution in [3.63, 3.8) is 0 Å². The molecule has 0 amide bonds. The molecule has 0 radical (unpaired) electrons. The third kappa shape index (κ3) is 7.14. The molecule has 3 heteroatoms. The second-order valence-corrected chi connectivity index (χ2v) is 5.82. The maximum absolute atomic E-state index is 9.86. The van der Waals surface area contributed by atoms with Crippen LogP contribution in [-0.4, -0.2) is 36.5 Å². The lowest BCUT2D eigenvalue weighted by Crippen LogP contribution is -2.38. The molecule has 0 aromatic heterocycles. The van der Waals surface area contributed by atoms with Gasteiger partial charge in [0.05, 0.1) is 18.8 Å². The molecule has 1 aliphatic rings. The van der Waals surface area contributed by atoms with E-state index in [9.17, 15) is 5.11 Å². The lowest BCUT2D eigenvalue weighted by Gasteiger charge is -2.22. The average molecular weight is 255 g/mol. The molecule has 0 bridgehead atoms. The molecule has 0 aromatic carbocycles. The number of hydrogen-bond acceptors (Lipinski definition) is 3. The molecule has 3 nitrogen and oxygen atoms in total. The van der Waals surface area contributed by atoms with Crippen LogP contribution in [0.2, 0.25) is 0 Å². The molecule has 1 aliphatic carbocycles. The van der Waals surface area contributed by atoms with E-state index in [0.717, 1.165) is 19.3 Å². The van der Waals surface area contributed by atoms with Crippen LogP contribution in [0.4, 0.5) is 0 Å². The second kappa shape index (κ2) is 8.68. The number of aliphatic hydroxyl groups excluding tert-OH is 1. The summed E-state index contributed by atoms with van der Waals surface area (Å²) >= 11 is 0. The van der Waals surface area contributed by atoms with Crippen molar-refractivity contribution in [1.82, 2.24) is 5.32 Å². The first-order valence-corrected chi connectivity index (χ1v) is 7.26. The molecule has 18 heavy (non-hydrogen) atoms. The van der Waals surface area contributed by atoms with Gasteiger partial charge in [0.25, 0.3) is 0 Å². The Hall–Kier alpha value is -0.380. The van der Waals surface area contributed by atoms with Crippen molar-refractivity contribution in [2.75, 3.05) is 13.2 Å². The van der Waals surface area contributed by atoms with E-state index in [1.54, 1.807) is 0 Å². The van der Waals surface area contributed by atoms with Crippen LogP contribution >= 0.6 is 0 Å². The summed E-state index contributed by atoms with van der Waals surface area (Å²) in [5.74, 6) is 0.643. The van der Waals surface area contributed by atoms with Gasteiger partial charge in [0.1, 0.15) is 0 Å². The quantitative estimate of drug-likeness (QED) is 0.655. The van der Waals surface area contributed by atoms with E-state index in [4.69, 9.17) is 4.74 Å². The Morgan fingerprint density at radius 1 is 1.33 bits per heavy atom. The van der Waals surface area contributed by atoms with Crippen molar-refractivity contribution in [2.24, 2.45) is 5.92 Å². The minimum Gasteiger partial charge on any atom is -0.389 e. The highest BCUT2D eigenvalue weighted by Crippen LogP contribution is 2.11. The molecular weight excluding hydrogens is 226 g/mol. The van der Waals surface area contributed by atoms with Gasteiger partial charge in [-0.05, 0) is 38.5 Å². The van der Waals surface area contributed by atoms with Crippen molar-refractivity contribution in [2.45, 2.75) is 64.7 Å². The van der Waals surface area contributed by atoms with E-state index in [0.29, 0.717) is 25.1 Å². The molecule has 0 fully saturated rings. The molecular formula is C15H29NO2. The van der Waals surface area contributed by atoms with Crippen molar-refractivity contribution in [3.05, 3.63) is 12.2 Å². The van der Waals surface area contributed by atoms with Crippen LogP contribution in [0, 0.1) is 5.92 Å². The maximum Gasteiger partial charge on any atom is 0.0897 e. The highest BCUT2D eigenvalue weighted by molar-refractivity contribution is 4.93. The number of hydrogen-bond donors (Lipinski definition) is 2. The summed E-state index contributed by atoms with van der Waals surface area (Å²) in [6, 6.07) is 0.526. The zero-order chi connectivity index (χ0) is 13.4. The number of rotatable bonds is 8. The van der Waals surface area contributed by atoms with Crippen LogP contribution < -0.4 is 5.32 Å². The fraction of sp³-hybridized carbons (Fsp3) is 0.867. The summed E-state index contributed by atoms with van der Waals surface area (Å²) in [6.07, 6.45) is 8.73. The normalized spacial score (nSPS) is 23.3. The zero-order valence-corrected chi connectivity index (χ0v) is 12.1. The molecule has 2 N–H and O–H groups in total. The third-order valence-electron chi connectivity index (χ3n) is 3.29. The van der Waals surface area contributed by atoms with Gasteiger partial charge in [0.2, 0.25) is 0 Å². The number of ether oxygens (including phenoxy) is 1. The summed E-state index contributed by atoms with van der Waals surface area (Å²) < 4.78 is 5.65. The van der Waals surface area contributed by atoms with Crippen LogP contribution in [0.3, 0.4) is 0 Å². The highest BCUT2D eigenvalue weighted by Gasteiger charge is 2.13. The van der Waals surface area contributed by atoms with E-state index < -0.39 is 6.10 Å². The molecule has 3 atom stereocenters. The van der Waals surface area contributed by atoms with E-state index in [2.05, 4.69) is 38.2 Å². The predicted octanol–water partition coefficient (Wildman–Crippen LogP) is 2.50. The molecule has 1 rings (SSSR count). The van der Waals surface area contributed by atoms with Crippen LogP contribution in [0.1, 0.15) is 46.5 Å². The lowest BCUT2D eigenvalue weighted by molar-refractivity contribution is -0.00933. The van der Waals surface area contributed by atoms with Gasteiger partial charge >= 0.3 is 0 Å². The SMILES string of the molecule is CC(C)CC(C)OCC(O)CNC1CC=CCC1. The zero-order valence-electron chi connectivity index (χ0n) is 12.1. The third-order valence-corrected chi connectivity index (χ3v) is 3.29. The van der Waals surface area contributed by atoms with Gasteiger partial charge in [-0.25, -0.2) is 0 Å². The number of aliphatic hydroxyl groups is 1. The first kappa shape index (κ1) is 15.7. The topological polar surface area (TPSA) is 41.5 Å². The summed E-state index contributed by atoms with van der Waals surface area (Å²) in [4.78, 5) is 0. The monoisotopic (exact) mass is 255 g/mol. The minimum atomic E-state index is -0.398. The Morgan fingerprint density at radius 2 is 2.11 bits per heavy atom. The molecule has 3 unspecified atom stereocenters. The largest absolute Gasteiger partial charge is 0.389 e. The van der Waals surface area contributed by atoms with Gasteiger partial charge in [-0.1, -0.05) is 26.0 Å². The standard InChI is InChI=1S/C15H29NO2/c1-12(2)9-13(3)18-11-15(17)10-16-14-7-5-4-6-8-14/h4-5,12-17H,6-11H2,1-3H3. The van der Waals surface area contributed by atoms with E-state index >= 15 is 0 Å². The fourth-order valence-electron chi connectivity index (χ4n) is 2.35.